The summed E-state index contributed by atoms with van der Waals surface area (Å²) in [5.41, 5.74) is 5.58. The summed E-state index contributed by atoms with van der Waals surface area (Å²) < 4.78 is 0. The summed E-state index contributed by atoms with van der Waals surface area (Å²) in [7, 11) is 0. The Morgan fingerprint density at radius 1 is 1.36 bits per heavy atom. The predicted molar refractivity (Wildman–Crippen MR) is 42.4 cm³/mol. The number of carbonyl (C=O) groups is 1. The molecule has 0 saturated heterocycles. The van der Waals surface area contributed by atoms with E-state index in [1.165, 1.54) is 12.1 Å². The second-order valence-corrected chi connectivity index (χ2v) is 1.87. The van der Waals surface area contributed by atoms with Gasteiger partial charge >= 0.3 is 0 Å². The Bertz CT molecular complexity index is 262. The summed E-state index contributed by atoms with van der Waals surface area (Å²) in [5, 5.41) is 10.2. The smallest absolute Gasteiger partial charge is 0.0735 e. The zero-order valence-electron chi connectivity index (χ0n) is 5.61. The largest absolute Gasteiger partial charge is 0.545 e. The molecule has 0 bridgehead atoms. The van der Waals surface area contributed by atoms with Crippen molar-refractivity contribution in [1.29, 1.82) is 0 Å². The molecule has 1 rings (SSSR count). The molecule has 11 heavy (non-hydrogen) atoms. The number of carboxylic acid groups (broad SMARTS) is 1. The number of anilines is 1. The maximum atomic E-state index is 10.2. The second kappa shape index (κ2) is 3.83. The van der Waals surface area contributed by atoms with Gasteiger partial charge in [0.25, 0.3) is 0 Å². The number of nitrogens with two attached hydrogens (primary N) is 1. The molecule has 0 amide bonds. The molecule has 4 heteroatoms. The Kier molecular flexibility index (Phi) is 3.40. The van der Waals surface area contributed by atoms with Gasteiger partial charge in [0.05, 0.1) is 5.97 Å². The Morgan fingerprint density at radius 2 is 1.91 bits per heavy atom. The monoisotopic (exact) mass is 172 g/mol. The van der Waals surface area contributed by atoms with Crippen LogP contribution in [0.25, 0.3) is 0 Å². The third-order valence-electron chi connectivity index (χ3n) is 1.18. The number of halogens is 1. The minimum Gasteiger partial charge on any atom is -0.545 e. The molecule has 1 aromatic rings. The molecule has 60 valence electrons. The van der Waals surface area contributed by atoms with Crippen LogP contribution in [-0.4, -0.2) is 5.97 Å². The van der Waals surface area contributed by atoms with Gasteiger partial charge < -0.3 is 15.6 Å². The molecule has 0 spiro atoms. The molecule has 0 radical (unpaired) electrons. The summed E-state index contributed by atoms with van der Waals surface area (Å²) in [6.45, 7) is 0. The van der Waals surface area contributed by atoms with Crippen molar-refractivity contribution in [2.24, 2.45) is 0 Å². The van der Waals surface area contributed by atoms with E-state index in [0.29, 0.717) is 0 Å². The summed E-state index contributed by atoms with van der Waals surface area (Å²) in [4.78, 5) is 10.2. The molecular formula is C7H7ClNO2-. The van der Waals surface area contributed by atoms with Crippen LogP contribution < -0.4 is 10.8 Å². The molecule has 0 aliphatic carbocycles. The lowest BCUT2D eigenvalue weighted by Gasteiger charge is -2.03. The average Bonchev–Trinajstić information content (AvgIpc) is 1.88. The van der Waals surface area contributed by atoms with Gasteiger partial charge in [0, 0.05) is 11.3 Å². The molecule has 1 aromatic carbocycles. The van der Waals surface area contributed by atoms with Gasteiger partial charge in [0.1, 0.15) is 0 Å². The van der Waals surface area contributed by atoms with Gasteiger partial charge in [-0.05, 0) is 6.07 Å². The van der Waals surface area contributed by atoms with Gasteiger partial charge in [-0.25, -0.2) is 0 Å². The van der Waals surface area contributed by atoms with Gasteiger partial charge in [0.15, 0.2) is 0 Å². The van der Waals surface area contributed by atoms with Crippen molar-refractivity contribution >= 4 is 24.1 Å². The first-order chi connectivity index (χ1) is 4.72. The van der Waals surface area contributed by atoms with E-state index in [9.17, 15) is 9.90 Å². The number of nitrogen functional groups attached to an aromatic ring is 1. The van der Waals surface area contributed by atoms with E-state index in [1.54, 1.807) is 12.1 Å². The van der Waals surface area contributed by atoms with E-state index >= 15 is 0 Å². The molecule has 0 fully saturated rings. The van der Waals surface area contributed by atoms with Gasteiger partial charge in [0.2, 0.25) is 0 Å². The molecule has 0 saturated carbocycles. The first-order valence-corrected chi connectivity index (χ1v) is 2.77. The van der Waals surface area contributed by atoms with Crippen LogP contribution in [0.15, 0.2) is 24.3 Å². The number of benzene rings is 1. The third kappa shape index (κ3) is 2.13. The van der Waals surface area contributed by atoms with E-state index in [4.69, 9.17) is 5.73 Å². The number of aromatic carboxylic acids is 1. The molecule has 3 nitrogen and oxygen atoms in total. The van der Waals surface area contributed by atoms with Crippen LogP contribution in [0.3, 0.4) is 0 Å². The molecule has 0 aliphatic rings. The first kappa shape index (κ1) is 9.78. The molecule has 0 aromatic heterocycles. The van der Waals surface area contributed by atoms with E-state index in [1.807, 2.05) is 0 Å². The van der Waals surface area contributed by atoms with E-state index in [-0.39, 0.29) is 23.7 Å². The van der Waals surface area contributed by atoms with Crippen molar-refractivity contribution in [3.05, 3.63) is 29.8 Å². The maximum absolute atomic E-state index is 10.2. The first-order valence-electron chi connectivity index (χ1n) is 2.77. The topological polar surface area (TPSA) is 66.2 Å². The Labute approximate surface area is 70.2 Å². The fourth-order valence-corrected chi connectivity index (χ4v) is 0.683. The number of hydrogen-bond donors (Lipinski definition) is 1. The van der Waals surface area contributed by atoms with Crippen molar-refractivity contribution in [1.82, 2.24) is 0 Å². The molecule has 0 unspecified atom stereocenters. The summed E-state index contributed by atoms with van der Waals surface area (Å²) in [6.07, 6.45) is 0. The molecule has 0 aliphatic heterocycles. The van der Waals surface area contributed by atoms with Crippen molar-refractivity contribution < 1.29 is 9.90 Å². The number of para-hydroxylation sites is 1. The van der Waals surface area contributed by atoms with Gasteiger partial charge in [-0.15, -0.1) is 12.4 Å². The average molecular weight is 173 g/mol. The normalized spacial score (nSPS) is 8.36. The van der Waals surface area contributed by atoms with Crippen LogP contribution in [-0.2, 0) is 0 Å². The van der Waals surface area contributed by atoms with Crippen LogP contribution in [0, 0.1) is 0 Å². The highest BCUT2D eigenvalue weighted by Gasteiger charge is 1.95. The van der Waals surface area contributed by atoms with Crippen molar-refractivity contribution in [3.8, 4) is 0 Å². The van der Waals surface area contributed by atoms with Crippen LogP contribution in [0.4, 0.5) is 5.69 Å². The van der Waals surface area contributed by atoms with Gasteiger partial charge in [-0.3, -0.25) is 0 Å². The standard InChI is InChI=1S/C7H7NO2.ClH/c8-6-4-2-1-3-5(6)7(9)10;/h1-4H,8H2,(H,9,10);1H/p-1. The minimum atomic E-state index is -1.24. The number of rotatable bonds is 1. The molecular weight excluding hydrogens is 166 g/mol. The highest BCUT2D eigenvalue weighted by atomic mass is 35.5. The van der Waals surface area contributed by atoms with Crippen molar-refractivity contribution in [2.45, 2.75) is 0 Å². The van der Waals surface area contributed by atoms with Crippen LogP contribution >= 0.6 is 12.4 Å². The lowest BCUT2D eigenvalue weighted by molar-refractivity contribution is -0.254. The fraction of sp³-hybridized carbons (Fsp3) is 0. The zero-order chi connectivity index (χ0) is 7.56. The fourth-order valence-electron chi connectivity index (χ4n) is 0.683. The number of carbonyl (C=O) groups excluding carboxylic acids is 1. The molecule has 2 N–H and O–H groups in total. The van der Waals surface area contributed by atoms with Crippen LogP contribution in [0.2, 0.25) is 0 Å². The highest BCUT2D eigenvalue weighted by Crippen LogP contribution is 2.07. The Balaban J connectivity index is 0.000001000. The lowest BCUT2D eigenvalue weighted by Crippen LogP contribution is -2.23. The predicted octanol–water partition coefficient (Wildman–Crippen LogP) is 0.0541. The van der Waals surface area contributed by atoms with Crippen LogP contribution in [0.1, 0.15) is 10.4 Å². The Morgan fingerprint density at radius 3 is 2.27 bits per heavy atom. The van der Waals surface area contributed by atoms with Crippen molar-refractivity contribution in [2.75, 3.05) is 5.73 Å². The number of hydrogen-bond acceptors (Lipinski definition) is 3. The van der Waals surface area contributed by atoms with Gasteiger partial charge in [-0.1, -0.05) is 18.2 Å². The van der Waals surface area contributed by atoms with E-state index < -0.39 is 5.97 Å². The van der Waals surface area contributed by atoms with Crippen molar-refractivity contribution in [3.63, 3.8) is 0 Å². The highest BCUT2D eigenvalue weighted by molar-refractivity contribution is 5.91. The molecule has 0 atom stereocenters. The Hall–Kier alpha value is -1.22. The second-order valence-electron chi connectivity index (χ2n) is 1.87. The number of carboxylic acids is 1. The van der Waals surface area contributed by atoms with E-state index in [2.05, 4.69) is 0 Å². The zero-order valence-corrected chi connectivity index (χ0v) is 6.43. The summed E-state index contributed by atoms with van der Waals surface area (Å²) in [5.74, 6) is -1.24. The summed E-state index contributed by atoms with van der Waals surface area (Å²) in [6, 6.07) is 6.19. The van der Waals surface area contributed by atoms with Crippen LogP contribution in [0.5, 0.6) is 0 Å². The minimum absolute atomic E-state index is 0. The quantitative estimate of drug-likeness (QED) is 0.609. The molecule has 0 heterocycles. The SMILES string of the molecule is Cl.Nc1ccccc1C(=O)[O-]. The lowest BCUT2D eigenvalue weighted by atomic mass is 10.2. The summed E-state index contributed by atoms with van der Waals surface area (Å²) >= 11 is 0. The van der Waals surface area contributed by atoms with E-state index in [0.717, 1.165) is 0 Å². The maximum Gasteiger partial charge on any atom is 0.0735 e. The third-order valence-corrected chi connectivity index (χ3v) is 1.18. The van der Waals surface area contributed by atoms with Gasteiger partial charge in [-0.2, -0.15) is 0 Å².